The predicted molar refractivity (Wildman–Crippen MR) is 134 cm³/mol. The van der Waals surface area contributed by atoms with Crippen LogP contribution in [-0.2, 0) is 4.79 Å². The smallest absolute Gasteiger partial charge is 0.341 e. The molecule has 0 atom stereocenters. The third kappa shape index (κ3) is 5.13. The SMILES string of the molecule is COc1ccc(/C=C\c2cc(OC)c(OC)c(OC)c2)cc1OC(=O)C1=CC(C)(C)N(O)C1(C)C. The quantitative estimate of drug-likeness (QED) is 0.319. The number of rotatable bonds is 8. The van der Waals surface area contributed by atoms with Crippen molar-refractivity contribution in [1.82, 2.24) is 5.06 Å². The molecule has 1 N–H and O–H groups in total. The van der Waals surface area contributed by atoms with Gasteiger partial charge in [0.15, 0.2) is 23.0 Å². The summed E-state index contributed by atoms with van der Waals surface area (Å²) in [6.45, 7) is 7.18. The zero-order chi connectivity index (χ0) is 26.0. The maximum Gasteiger partial charge on any atom is 0.341 e. The Balaban J connectivity index is 1.90. The van der Waals surface area contributed by atoms with Crippen LogP contribution in [0.1, 0.15) is 38.8 Å². The number of benzene rings is 2. The average Bonchev–Trinajstić information content (AvgIpc) is 3.00. The van der Waals surface area contributed by atoms with E-state index in [9.17, 15) is 10.0 Å². The Morgan fingerprint density at radius 2 is 1.34 bits per heavy atom. The Kier molecular flexibility index (Phi) is 7.47. The number of esters is 1. The van der Waals surface area contributed by atoms with Gasteiger partial charge in [0.2, 0.25) is 5.75 Å². The zero-order valence-electron chi connectivity index (χ0n) is 21.5. The van der Waals surface area contributed by atoms with Gasteiger partial charge >= 0.3 is 5.97 Å². The third-order valence-corrected chi connectivity index (χ3v) is 6.00. The van der Waals surface area contributed by atoms with Gasteiger partial charge in [-0.1, -0.05) is 24.3 Å². The summed E-state index contributed by atoms with van der Waals surface area (Å²) in [6.07, 6.45) is 5.47. The van der Waals surface area contributed by atoms with Gasteiger partial charge in [-0.25, -0.2) is 4.79 Å². The molecular weight excluding hydrogens is 450 g/mol. The molecule has 0 spiro atoms. The first-order chi connectivity index (χ1) is 16.5. The van der Waals surface area contributed by atoms with E-state index in [1.165, 1.54) is 7.11 Å². The molecule has 188 valence electrons. The van der Waals surface area contributed by atoms with E-state index in [0.29, 0.717) is 28.6 Å². The molecule has 35 heavy (non-hydrogen) atoms. The second-order valence-corrected chi connectivity index (χ2v) is 9.17. The van der Waals surface area contributed by atoms with E-state index >= 15 is 0 Å². The lowest BCUT2D eigenvalue weighted by molar-refractivity contribution is -0.186. The van der Waals surface area contributed by atoms with E-state index in [1.54, 1.807) is 53.4 Å². The van der Waals surface area contributed by atoms with Crippen molar-refractivity contribution in [3.63, 3.8) is 0 Å². The molecule has 8 nitrogen and oxygen atoms in total. The Morgan fingerprint density at radius 1 is 0.800 bits per heavy atom. The van der Waals surface area contributed by atoms with Crippen molar-refractivity contribution in [2.24, 2.45) is 0 Å². The minimum atomic E-state index is -0.905. The van der Waals surface area contributed by atoms with Crippen LogP contribution in [-0.4, -0.2) is 55.8 Å². The van der Waals surface area contributed by atoms with Crippen molar-refractivity contribution in [3.05, 3.63) is 53.1 Å². The normalized spacial score (nSPS) is 16.7. The van der Waals surface area contributed by atoms with Crippen LogP contribution in [0.4, 0.5) is 0 Å². The lowest BCUT2D eigenvalue weighted by Gasteiger charge is -2.35. The van der Waals surface area contributed by atoms with Gasteiger partial charge in [0.25, 0.3) is 0 Å². The molecule has 0 radical (unpaired) electrons. The van der Waals surface area contributed by atoms with Gasteiger partial charge in [0.05, 0.1) is 45.1 Å². The minimum Gasteiger partial charge on any atom is -0.493 e. The van der Waals surface area contributed by atoms with Crippen LogP contribution in [0.3, 0.4) is 0 Å². The molecule has 0 saturated heterocycles. The highest BCUT2D eigenvalue weighted by Gasteiger charge is 2.48. The highest BCUT2D eigenvalue weighted by molar-refractivity contribution is 5.94. The van der Waals surface area contributed by atoms with Crippen molar-refractivity contribution < 1.29 is 33.7 Å². The van der Waals surface area contributed by atoms with Gasteiger partial charge in [0, 0.05) is 0 Å². The lowest BCUT2D eigenvalue weighted by atomic mass is 9.97. The highest BCUT2D eigenvalue weighted by Crippen LogP contribution is 2.40. The van der Waals surface area contributed by atoms with E-state index in [0.717, 1.165) is 16.2 Å². The summed E-state index contributed by atoms with van der Waals surface area (Å²) < 4.78 is 27.3. The van der Waals surface area contributed by atoms with Gasteiger partial charge < -0.3 is 28.9 Å². The first-order valence-corrected chi connectivity index (χ1v) is 11.1. The number of carbonyl (C=O) groups excluding carboxylic acids is 1. The molecule has 2 aromatic carbocycles. The van der Waals surface area contributed by atoms with E-state index < -0.39 is 17.0 Å². The maximum atomic E-state index is 13.1. The minimum absolute atomic E-state index is 0.274. The van der Waals surface area contributed by atoms with E-state index in [1.807, 2.05) is 44.2 Å². The molecule has 0 unspecified atom stereocenters. The fourth-order valence-electron chi connectivity index (χ4n) is 4.16. The number of carbonyl (C=O) groups is 1. The number of nitrogens with zero attached hydrogens (tertiary/aromatic N) is 1. The monoisotopic (exact) mass is 483 g/mol. The highest BCUT2D eigenvalue weighted by atomic mass is 16.6. The topological polar surface area (TPSA) is 86.7 Å². The molecule has 3 rings (SSSR count). The molecule has 2 aromatic rings. The van der Waals surface area contributed by atoms with E-state index in [2.05, 4.69) is 0 Å². The number of methoxy groups -OCH3 is 4. The van der Waals surface area contributed by atoms with Crippen molar-refractivity contribution in [2.75, 3.05) is 28.4 Å². The fourth-order valence-corrected chi connectivity index (χ4v) is 4.16. The molecule has 1 heterocycles. The molecule has 1 aliphatic rings. The summed E-state index contributed by atoms with van der Waals surface area (Å²) in [5, 5.41) is 11.7. The van der Waals surface area contributed by atoms with Crippen molar-refractivity contribution >= 4 is 18.1 Å². The third-order valence-electron chi connectivity index (χ3n) is 6.00. The fraction of sp³-hybridized carbons (Fsp3) is 0.370. The van der Waals surface area contributed by atoms with Crippen LogP contribution in [0.15, 0.2) is 42.0 Å². The number of hydrogen-bond acceptors (Lipinski definition) is 8. The van der Waals surface area contributed by atoms with Gasteiger partial charge in [-0.3, -0.25) is 0 Å². The van der Waals surface area contributed by atoms with E-state index in [-0.39, 0.29) is 5.75 Å². The summed E-state index contributed by atoms with van der Waals surface area (Å²) in [6, 6.07) is 8.96. The Labute approximate surface area is 206 Å². The second-order valence-electron chi connectivity index (χ2n) is 9.17. The second kappa shape index (κ2) is 10.0. The predicted octanol–water partition coefficient (Wildman–Crippen LogP) is 4.99. The standard InChI is InChI=1S/C27H33NO7/c1-26(2)16-19(27(3,4)28(26)30)25(29)35-21-13-17(11-12-20(21)31-5)9-10-18-14-22(32-6)24(34-8)23(15-18)33-7/h9-16,30H,1-8H3/b10-9-. The van der Waals surface area contributed by atoms with Crippen LogP contribution in [0.25, 0.3) is 12.2 Å². The number of hydrogen-bond donors (Lipinski definition) is 1. The number of ether oxygens (including phenoxy) is 5. The van der Waals surface area contributed by atoms with Gasteiger partial charge in [-0.05, 0) is 63.1 Å². The van der Waals surface area contributed by atoms with Crippen LogP contribution < -0.4 is 23.7 Å². The summed E-state index contributed by atoms with van der Waals surface area (Å²) in [5.41, 5.74) is 0.374. The Morgan fingerprint density at radius 3 is 1.83 bits per heavy atom. The first-order valence-electron chi connectivity index (χ1n) is 11.1. The molecule has 0 fully saturated rings. The van der Waals surface area contributed by atoms with Crippen molar-refractivity contribution in [2.45, 2.75) is 38.8 Å². The molecule has 0 aromatic heterocycles. The summed E-state index contributed by atoms with van der Waals surface area (Å²) in [7, 11) is 6.19. The molecule has 0 aliphatic carbocycles. The summed E-state index contributed by atoms with van der Waals surface area (Å²) in [4.78, 5) is 13.1. The van der Waals surface area contributed by atoms with E-state index in [4.69, 9.17) is 23.7 Å². The molecule has 0 saturated carbocycles. The van der Waals surface area contributed by atoms with Crippen molar-refractivity contribution in [1.29, 1.82) is 0 Å². The number of hydroxylamine groups is 2. The molecule has 1 aliphatic heterocycles. The molecule has 0 bridgehead atoms. The van der Waals surface area contributed by atoms with Gasteiger partial charge in [0.1, 0.15) is 0 Å². The average molecular weight is 484 g/mol. The van der Waals surface area contributed by atoms with Crippen LogP contribution in [0.5, 0.6) is 28.7 Å². The first kappa shape index (κ1) is 26.1. The summed E-state index contributed by atoms with van der Waals surface area (Å²) >= 11 is 0. The zero-order valence-corrected chi connectivity index (χ0v) is 21.5. The molecule has 8 heteroatoms. The largest absolute Gasteiger partial charge is 0.493 e. The Hall–Kier alpha value is -3.49. The van der Waals surface area contributed by atoms with Gasteiger partial charge in [-0.2, -0.15) is 5.06 Å². The maximum absolute atomic E-state index is 13.1. The molecule has 0 amide bonds. The van der Waals surface area contributed by atoms with Gasteiger partial charge in [-0.15, -0.1) is 0 Å². The Bertz CT molecular complexity index is 1140. The van der Waals surface area contributed by atoms with Crippen LogP contribution >= 0.6 is 0 Å². The van der Waals surface area contributed by atoms with Crippen LogP contribution in [0, 0.1) is 0 Å². The lowest BCUT2D eigenvalue weighted by Crippen LogP contribution is -2.48. The van der Waals surface area contributed by atoms with Crippen molar-refractivity contribution in [3.8, 4) is 28.7 Å². The van der Waals surface area contributed by atoms with Crippen LogP contribution in [0.2, 0.25) is 0 Å². The molecular formula is C27H33NO7. The summed E-state index contributed by atoms with van der Waals surface area (Å²) in [5.74, 6) is 1.74.